The van der Waals surface area contributed by atoms with Crippen LogP contribution in [-0.2, 0) is 17.5 Å². The molecule has 12 heteroatoms. The molecule has 2 atom stereocenters. The maximum absolute atomic E-state index is 14.0. The molecule has 4 aromatic rings. The predicted octanol–water partition coefficient (Wildman–Crippen LogP) is 6.00. The highest BCUT2D eigenvalue weighted by atomic mass is 19.4. The summed E-state index contributed by atoms with van der Waals surface area (Å²) in [5, 5.41) is 10.4. The fraction of sp³-hybridized carbons (Fsp3) is 0.375. The number of aromatic amines is 1. The number of hydrogen-bond donors (Lipinski definition) is 4. The standard InChI is InChI=1S/C32H37F3N8O/c1-31(39-18-22-12-13-23(17-36-22)40-28(44)11-7-15-43(2)3)14-6-8-21(16-31)41-30-38-20-26(32(33,34)35)29(42-30)25-19-37-27-10-5-4-9-24(25)27/h4-5,7,9-13,17,19-21,37,39H,6,8,14-16,18H2,1-3H3,(H,40,44)(H,38,41,42). The van der Waals surface area contributed by atoms with Gasteiger partial charge >= 0.3 is 6.18 Å². The van der Waals surface area contributed by atoms with Crippen LogP contribution in [0, 0.1) is 0 Å². The van der Waals surface area contributed by atoms with Gasteiger partial charge in [0.05, 0.1) is 23.3 Å². The van der Waals surface area contributed by atoms with Crippen LogP contribution >= 0.6 is 0 Å². The van der Waals surface area contributed by atoms with E-state index in [0.717, 1.165) is 43.1 Å². The molecular weight excluding hydrogens is 569 g/mol. The lowest BCUT2D eigenvalue weighted by Gasteiger charge is -2.39. The van der Waals surface area contributed by atoms with Crippen molar-refractivity contribution < 1.29 is 18.0 Å². The molecule has 5 rings (SSSR count). The first-order valence-corrected chi connectivity index (χ1v) is 14.6. The number of nitrogens with one attached hydrogen (secondary N) is 4. The molecule has 0 spiro atoms. The Labute approximate surface area is 254 Å². The number of fused-ring (bicyclic) bond motifs is 1. The molecule has 9 nitrogen and oxygen atoms in total. The summed E-state index contributed by atoms with van der Waals surface area (Å²) in [6.45, 7) is 3.34. The summed E-state index contributed by atoms with van der Waals surface area (Å²) in [7, 11) is 3.86. The van der Waals surface area contributed by atoms with Crippen LogP contribution in [-0.4, -0.2) is 63.0 Å². The van der Waals surface area contributed by atoms with E-state index in [2.05, 4.69) is 42.8 Å². The molecule has 0 bridgehead atoms. The average molecular weight is 607 g/mol. The fourth-order valence-electron chi connectivity index (χ4n) is 5.55. The van der Waals surface area contributed by atoms with E-state index in [0.29, 0.717) is 29.7 Å². The van der Waals surface area contributed by atoms with Crippen molar-refractivity contribution in [3.05, 3.63) is 78.4 Å². The number of nitrogens with zero attached hydrogens (tertiary/aromatic N) is 4. The third-order valence-corrected chi connectivity index (χ3v) is 7.78. The van der Waals surface area contributed by atoms with E-state index in [1.165, 1.54) is 6.08 Å². The van der Waals surface area contributed by atoms with Crippen molar-refractivity contribution in [3.63, 3.8) is 0 Å². The monoisotopic (exact) mass is 606 g/mol. The van der Waals surface area contributed by atoms with Gasteiger partial charge in [-0.15, -0.1) is 0 Å². The highest BCUT2D eigenvalue weighted by Gasteiger charge is 2.37. The highest BCUT2D eigenvalue weighted by Crippen LogP contribution is 2.39. The molecule has 4 N–H and O–H groups in total. The lowest BCUT2D eigenvalue weighted by Crippen LogP contribution is -2.48. The van der Waals surface area contributed by atoms with Gasteiger partial charge < -0.3 is 25.8 Å². The maximum Gasteiger partial charge on any atom is 0.419 e. The van der Waals surface area contributed by atoms with Crippen molar-refractivity contribution in [3.8, 4) is 11.3 Å². The van der Waals surface area contributed by atoms with Crippen molar-refractivity contribution >= 4 is 28.4 Å². The number of benzene rings is 1. The van der Waals surface area contributed by atoms with Crippen molar-refractivity contribution in [1.82, 2.24) is 30.2 Å². The number of rotatable bonds is 10. The van der Waals surface area contributed by atoms with Crippen LogP contribution in [0.1, 0.15) is 43.9 Å². The summed E-state index contributed by atoms with van der Waals surface area (Å²) in [6.07, 6.45) is 6.20. The van der Waals surface area contributed by atoms with Crippen LogP contribution in [0.2, 0.25) is 0 Å². The van der Waals surface area contributed by atoms with Crippen LogP contribution in [0.15, 0.2) is 67.1 Å². The van der Waals surface area contributed by atoms with Crippen LogP contribution in [0.4, 0.5) is 24.8 Å². The second kappa shape index (κ2) is 13.1. The van der Waals surface area contributed by atoms with E-state index >= 15 is 0 Å². The molecule has 0 aliphatic heterocycles. The largest absolute Gasteiger partial charge is 0.419 e. The minimum Gasteiger partial charge on any atom is -0.360 e. The summed E-state index contributed by atoms with van der Waals surface area (Å²) >= 11 is 0. The molecular formula is C32H37F3N8O. The lowest BCUT2D eigenvalue weighted by atomic mass is 9.80. The molecule has 0 radical (unpaired) electrons. The van der Waals surface area contributed by atoms with Crippen molar-refractivity contribution in [2.75, 3.05) is 31.3 Å². The van der Waals surface area contributed by atoms with E-state index in [4.69, 9.17) is 0 Å². The molecule has 44 heavy (non-hydrogen) atoms. The first-order chi connectivity index (χ1) is 21.0. The minimum absolute atomic E-state index is 0.0279. The quantitative estimate of drug-likeness (QED) is 0.164. The number of hydrogen-bond acceptors (Lipinski definition) is 7. The van der Waals surface area contributed by atoms with Crippen molar-refractivity contribution in [2.45, 2.75) is 56.9 Å². The van der Waals surface area contributed by atoms with Crippen LogP contribution in [0.5, 0.6) is 0 Å². The number of carbonyl (C=O) groups is 1. The summed E-state index contributed by atoms with van der Waals surface area (Å²) in [5.74, 6) is -0.0400. The Morgan fingerprint density at radius 1 is 1.16 bits per heavy atom. The number of para-hydroxylation sites is 1. The van der Waals surface area contributed by atoms with Crippen molar-refractivity contribution in [2.24, 2.45) is 0 Å². The highest BCUT2D eigenvalue weighted by molar-refractivity contribution is 5.99. The molecule has 1 amide bonds. The Hall–Kier alpha value is -4.29. The van der Waals surface area contributed by atoms with Gasteiger partial charge in [0, 0.05) is 59.6 Å². The van der Waals surface area contributed by atoms with Crippen LogP contribution in [0.25, 0.3) is 22.2 Å². The van der Waals surface area contributed by atoms with E-state index < -0.39 is 11.7 Å². The zero-order valence-corrected chi connectivity index (χ0v) is 25.0. The summed E-state index contributed by atoms with van der Waals surface area (Å²) in [4.78, 5) is 30.0. The molecule has 232 valence electrons. The molecule has 1 aromatic carbocycles. The van der Waals surface area contributed by atoms with E-state index in [1.54, 1.807) is 30.6 Å². The Balaban J connectivity index is 1.22. The Kier molecular flexibility index (Phi) is 9.31. The van der Waals surface area contributed by atoms with Gasteiger partial charge in [0.1, 0.15) is 5.56 Å². The van der Waals surface area contributed by atoms with Gasteiger partial charge in [-0.1, -0.05) is 24.3 Å². The van der Waals surface area contributed by atoms with E-state index in [9.17, 15) is 18.0 Å². The zero-order chi connectivity index (χ0) is 31.3. The third-order valence-electron chi connectivity index (χ3n) is 7.78. The Morgan fingerprint density at radius 3 is 2.73 bits per heavy atom. The SMILES string of the molecule is CN(C)CC=CC(=O)Nc1ccc(CNC2(C)CCCC(Nc3ncc(C(F)(F)F)c(-c4c[nH]c5ccccc45)n3)C2)nc1. The number of likely N-dealkylation sites (N-methyl/N-ethyl adjacent to an activating group) is 1. The first kappa shape index (κ1) is 31.1. The predicted molar refractivity (Wildman–Crippen MR) is 166 cm³/mol. The van der Waals surface area contributed by atoms with Gasteiger partial charge in [-0.2, -0.15) is 13.2 Å². The van der Waals surface area contributed by atoms with Crippen LogP contribution < -0.4 is 16.0 Å². The number of carbonyl (C=O) groups excluding carboxylic acids is 1. The molecule has 0 saturated heterocycles. The second-order valence-corrected chi connectivity index (χ2v) is 11.7. The summed E-state index contributed by atoms with van der Waals surface area (Å²) in [5.41, 5.74) is 1.31. The number of anilines is 2. The van der Waals surface area contributed by atoms with Gasteiger partial charge in [0.25, 0.3) is 0 Å². The minimum atomic E-state index is -4.60. The van der Waals surface area contributed by atoms with Gasteiger partial charge in [-0.25, -0.2) is 9.97 Å². The number of aromatic nitrogens is 4. The molecule has 1 aliphatic carbocycles. The fourth-order valence-corrected chi connectivity index (χ4v) is 5.55. The number of halogens is 3. The van der Waals surface area contributed by atoms with Crippen molar-refractivity contribution in [1.29, 1.82) is 0 Å². The summed E-state index contributed by atoms with van der Waals surface area (Å²) in [6, 6.07) is 10.9. The maximum atomic E-state index is 14.0. The van der Waals surface area contributed by atoms with Gasteiger partial charge in [0.2, 0.25) is 11.9 Å². The first-order valence-electron chi connectivity index (χ1n) is 14.6. The smallest absolute Gasteiger partial charge is 0.360 e. The number of amides is 1. The van der Waals surface area contributed by atoms with E-state index in [1.807, 2.05) is 43.3 Å². The number of pyridine rings is 1. The number of alkyl halides is 3. The van der Waals surface area contributed by atoms with Gasteiger partial charge in [-0.3, -0.25) is 9.78 Å². The molecule has 1 aliphatic rings. The van der Waals surface area contributed by atoms with Gasteiger partial charge in [0.15, 0.2) is 0 Å². The van der Waals surface area contributed by atoms with E-state index in [-0.39, 0.29) is 29.1 Å². The normalized spacial score (nSPS) is 19.1. The molecule has 3 aromatic heterocycles. The zero-order valence-electron chi connectivity index (χ0n) is 25.0. The molecule has 1 fully saturated rings. The molecule has 3 heterocycles. The second-order valence-electron chi connectivity index (χ2n) is 11.7. The topological polar surface area (TPSA) is 111 Å². The Bertz CT molecular complexity index is 1620. The summed E-state index contributed by atoms with van der Waals surface area (Å²) < 4.78 is 41.9. The molecule has 1 saturated carbocycles. The molecule has 2 unspecified atom stereocenters. The number of H-pyrrole nitrogens is 1. The van der Waals surface area contributed by atoms with Crippen LogP contribution in [0.3, 0.4) is 0 Å². The van der Waals surface area contributed by atoms with Gasteiger partial charge in [-0.05, 0) is 64.9 Å². The average Bonchev–Trinajstić information content (AvgIpc) is 3.40. The third kappa shape index (κ3) is 7.80. The Morgan fingerprint density at radius 2 is 1.98 bits per heavy atom. The lowest BCUT2D eigenvalue weighted by molar-refractivity contribution is -0.137.